The number of hydrogen-bond donors (Lipinski definition) is 1. The average Bonchev–Trinajstić information content (AvgIpc) is 2.37. The minimum atomic E-state index is 0.167. The molecule has 0 aliphatic carbocycles. The SMILES string of the molecule is CC1CC(CN)(N2CCN(C(C)C)CC2)CC(C)O1. The molecular weight excluding hydrogens is 238 g/mol. The molecule has 0 amide bonds. The van der Waals surface area contributed by atoms with Crippen LogP contribution in [0.15, 0.2) is 0 Å². The van der Waals surface area contributed by atoms with Gasteiger partial charge in [-0.05, 0) is 40.5 Å². The summed E-state index contributed by atoms with van der Waals surface area (Å²) in [6.07, 6.45) is 2.82. The molecule has 2 unspecified atom stereocenters. The van der Waals surface area contributed by atoms with Crippen molar-refractivity contribution >= 4 is 0 Å². The van der Waals surface area contributed by atoms with E-state index in [1.165, 1.54) is 13.1 Å². The Balaban J connectivity index is 2.02. The van der Waals surface area contributed by atoms with Gasteiger partial charge in [0, 0.05) is 44.3 Å². The lowest BCUT2D eigenvalue weighted by molar-refractivity contribution is -0.112. The maximum Gasteiger partial charge on any atom is 0.0568 e. The number of rotatable bonds is 3. The van der Waals surface area contributed by atoms with E-state index in [0.29, 0.717) is 18.2 Å². The first-order valence-electron chi connectivity index (χ1n) is 7.81. The molecule has 2 aliphatic heterocycles. The predicted octanol–water partition coefficient (Wildman–Crippen LogP) is 1.30. The summed E-state index contributed by atoms with van der Waals surface area (Å²) >= 11 is 0. The molecule has 2 atom stereocenters. The van der Waals surface area contributed by atoms with Crippen LogP contribution in [0.1, 0.15) is 40.5 Å². The zero-order valence-electron chi connectivity index (χ0n) is 13.1. The lowest BCUT2D eigenvalue weighted by Gasteiger charge is -2.52. The number of hydrogen-bond acceptors (Lipinski definition) is 4. The Labute approximate surface area is 118 Å². The Morgan fingerprint density at radius 1 is 1.11 bits per heavy atom. The van der Waals surface area contributed by atoms with Gasteiger partial charge in [-0.2, -0.15) is 0 Å². The van der Waals surface area contributed by atoms with Crippen LogP contribution in [0.5, 0.6) is 0 Å². The second-order valence-corrected chi connectivity index (χ2v) is 6.71. The van der Waals surface area contributed by atoms with Gasteiger partial charge < -0.3 is 10.5 Å². The Morgan fingerprint density at radius 2 is 1.63 bits per heavy atom. The first-order valence-corrected chi connectivity index (χ1v) is 7.81. The van der Waals surface area contributed by atoms with Crippen molar-refractivity contribution in [1.29, 1.82) is 0 Å². The van der Waals surface area contributed by atoms with Crippen molar-refractivity contribution < 1.29 is 4.74 Å². The van der Waals surface area contributed by atoms with Crippen molar-refractivity contribution in [2.24, 2.45) is 5.73 Å². The molecule has 0 radical (unpaired) electrons. The fourth-order valence-electron chi connectivity index (χ4n) is 3.91. The fraction of sp³-hybridized carbons (Fsp3) is 1.00. The van der Waals surface area contributed by atoms with Crippen molar-refractivity contribution in [2.45, 2.75) is 64.3 Å². The van der Waals surface area contributed by atoms with E-state index >= 15 is 0 Å². The molecule has 2 fully saturated rings. The zero-order valence-corrected chi connectivity index (χ0v) is 13.1. The summed E-state index contributed by atoms with van der Waals surface area (Å²) in [6.45, 7) is 14.3. The predicted molar refractivity (Wildman–Crippen MR) is 79.3 cm³/mol. The molecule has 0 saturated carbocycles. The van der Waals surface area contributed by atoms with Crippen LogP contribution in [0, 0.1) is 0 Å². The summed E-state index contributed by atoms with van der Waals surface area (Å²) in [5, 5.41) is 0. The molecule has 2 aliphatic rings. The van der Waals surface area contributed by atoms with Crippen molar-refractivity contribution in [1.82, 2.24) is 9.80 Å². The summed E-state index contributed by atoms with van der Waals surface area (Å²) in [4.78, 5) is 5.20. The van der Waals surface area contributed by atoms with E-state index in [-0.39, 0.29) is 5.54 Å². The molecule has 0 spiro atoms. The molecule has 0 aromatic rings. The second-order valence-electron chi connectivity index (χ2n) is 6.71. The van der Waals surface area contributed by atoms with Crippen LogP contribution in [0.25, 0.3) is 0 Å². The number of nitrogens with two attached hydrogens (primary N) is 1. The summed E-state index contributed by atoms with van der Waals surface area (Å²) in [5.74, 6) is 0. The standard InChI is InChI=1S/C15H31N3O/c1-12(2)17-5-7-18(8-6-17)15(11-16)9-13(3)19-14(4)10-15/h12-14H,5-11,16H2,1-4H3. The van der Waals surface area contributed by atoms with Crippen molar-refractivity contribution in [2.75, 3.05) is 32.7 Å². The van der Waals surface area contributed by atoms with Gasteiger partial charge in [-0.1, -0.05) is 0 Å². The van der Waals surface area contributed by atoms with E-state index in [9.17, 15) is 0 Å². The lowest BCUT2D eigenvalue weighted by atomic mass is 9.82. The van der Waals surface area contributed by atoms with Crippen LogP contribution >= 0.6 is 0 Å². The molecule has 112 valence electrons. The number of piperazine rings is 1. The third kappa shape index (κ3) is 3.30. The van der Waals surface area contributed by atoms with Gasteiger partial charge in [-0.25, -0.2) is 0 Å². The average molecular weight is 269 g/mol. The van der Waals surface area contributed by atoms with Crippen LogP contribution in [-0.2, 0) is 4.74 Å². The molecule has 2 heterocycles. The zero-order chi connectivity index (χ0) is 14.0. The van der Waals surface area contributed by atoms with Crippen molar-refractivity contribution in [3.63, 3.8) is 0 Å². The smallest absolute Gasteiger partial charge is 0.0568 e. The Hall–Kier alpha value is -0.160. The molecule has 2 N–H and O–H groups in total. The van der Waals surface area contributed by atoms with Crippen LogP contribution in [0.3, 0.4) is 0 Å². The topological polar surface area (TPSA) is 41.7 Å². The van der Waals surface area contributed by atoms with E-state index in [0.717, 1.165) is 32.5 Å². The Kier molecular flexibility index (Phi) is 4.88. The molecule has 2 saturated heterocycles. The van der Waals surface area contributed by atoms with Gasteiger partial charge in [0.15, 0.2) is 0 Å². The molecule has 4 nitrogen and oxygen atoms in total. The van der Waals surface area contributed by atoms with Crippen molar-refractivity contribution in [3.05, 3.63) is 0 Å². The van der Waals surface area contributed by atoms with Gasteiger partial charge in [0.05, 0.1) is 12.2 Å². The maximum absolute atomic E-state index is 6.18. The Morgan fingerprint density at radius 3 is 2.05 bits per heavy atom. The number of ether oxygens (including phenoxy) is 1. The quantitative estimate of drug-likeness (QED) is 0.838. The van der Waals surface area contributed by atoms with Gasteiger partial charge in [-0.3, -0.25) is 9.80 Å². The molecule has 0 aromatic carbocycles. The summed E-state index contributed by atoms with van der Waals surface area (Å²) < 4.78 is 5.90. The van der Waals surface area contributed by atoms with Gasteiger partial charge in [0.2, 0.25) is 0 Å². The van der Waals surface area contributed by atoms with Gasteiger partial charge in [0.1, 0.15) is 0 Å². The third-order valence-corrected chi connectivity index (χ3v) is 4.89. The van der Waals surface area contributed by atoms with Crippen LogP contribution < -0.4 is 5.73 Å². The van der Waals surface area contributed by atoms with E-state index in [1.807, 2.05) is 0 Å². The molecule has 0 bridgehead atoms. The highest BCUT2D eigenvalue weighted by atomic mass is 16.5. The van der Waals surface area contributed by atoms with E-state index in [4.69, 9.17) is 10.5 Å². The van der Waals surface area contributed by atoms with Crippen LogP contribution in [-0.4, -0.2) is 66.3 Å². The third-order valence-electron chi connectivity index (χ3n) is 4.89. The first-order chi connectivity index (χ1) is 8.97. The molecule has 4 heteroatoms. The monoisotopic (exact) mass is 269 g/mol. The normalized spacial score (nSPS) is 38.8. The molecule has 2 rings (SSSR count). The maximum atomic E-state index is 6.18. The van der Waals surface area contributed by atoms with E-state index in [1.54, 1.807) is 0 Å². The highest BCUT2D eigenvalue weighted by Crippen LogP contribution is 2.34. The van der Waals surface area contributed by atoms with Crippen molar-refractivity contribution in [3.8, 4) is 0 Å². The molecular formula is C15H31N3O. The highest BCUT2D eigenvalue weighted by Gasteiger charge is 2.43. The fourth-order valence-corrected chi connectivity index (χ4v) is 3.91. The van der Waals surface area contributed by atoms with Crippen LogP contribution in [0.4, 0.5) is 0 Å². The van der Waals surface area contributed by atoms with Crippen LogP contribution in [0.2, 0.25) is 0 Å². The summed E-state index contributed by atoms with van der Waals surface area (Å²) in [5.41, 5.74) is 6.34. The second kappa shape index (κ2) is 6.08. The molecule has 19 heavy (non-hydrogen) atoms. The molecule has 0 aromatic heterocycles. The van der Waals surface area contributed by atoms with E-state index in [2.05, 4.69) is 37.5 Å². The van der Waals surface area contributed by atoms with E-state index < -0.39 is 0 Å². The summed E-state index contributed by atoms with van der Waals surface area (Å²) in [6, 6.07) is 0.656. The largest absolute Gasteiger partial charge is 0.375 e. The Bertz CT molecular complexity index is 277. The minimum absolute atomic E-state index is 0.167. The summed E-state index contributed by atoms with van der Waals surface area (Å²) in [7, 11) is 0. The van der Waals surface area contributed by atoms with Gasteiger partial charge in [0.25, 0.3) is 0 Å². The lowest BCUT2D eigenvalue weighted by Crippen LogP contribution is -2.64. The van der Waals surface area contributed by atoms with Gasteiger partial charge >= 0.3 is 0 Å². The number of nitrogens with zero attached hydrogens (tertiary/aromatic N) is 2. The first kappa shape index (κ1) is 15.2. The highest BCUT2D eigenvalue weighted by molar-refractivity contribution is 4.99. The van der Waals surface area contributed by atoms with Gasteiger partial charge in [-0.15, -0.1) is 0 Å². The minimum Gasteiger partial charge on any atom is -0.375 e.